The molecule has 1 aliphatic carbocycles. The summed E-state index contributed by atoms with van der Waals surface area (Å²) in [7, 11) is 1.72. The molecule has 0 fully saturated rings. The Morgan fingerprint density at radius 3 is 2.90 bits per heavy atom. The number of aryl methyl sites for hydroxylation is 1. The van der Waals surface area contributed by atoms with Crippen LogP contribution in [0.4, 0.5) is 5.69 Å². The number of ether oxygens (including phenoxy) is 1. The zero-order chi connectivity index (χ0) is 14.8. The molecule has 1 heterocycles. The second kappa shape index (κ2) is 5.80. The molecule has 0 amide bonds. The zero-order valence-electron chi connectivity index (χ0n) is 13.0. The molecule has 21 heavy (non-hydrogen) atoms. The Labute approximate surface area is 126 Å². The third-order valence-electron chi connectivity index (χ3n) is 4.14. The summed E-state index contributed by atoms with van der Waals surface area (Å²) in [5.74, 6) is 0.946. The summed E-state index contributed by atoms with van der Waals surface area (Å²) in [6, 6.07) is 7.28. The smallest absolute Gasteiger partial charge is 0.119 e. The lowest BCUT2D eigenvalue weighted by molar-refractivity contribution is 0.413. The summed E-state index contributed by atoms with van der Waals surface area (Å²) in [6.45, 7) is 4.28. The fraction of sp³-hybridized carbons (Fsp3) is 0.471. The first-order valence-electron chi connectivity index (χ1n) is 7.62. The van der Waals surface area contributed by atoms with Gasteiger partial charge in [-0.1, -0.05) is 6.07 Å². The lowest BCUT2D eigenvalue weighted by Crippen LogP contribution is -2.27. The number of nitrogens with zero attached hydrogens (tertiary/aromatic N) is 2. The van der Waals surface area contributed by atoms with Gasteiger partial charge < -0.3 is 10.1 Å². The number of hydrogen-bond donors (Lipinski definition) is 1. The van der Waals surface area contributed by atoms with Crippen LogP contribution in [-0.2, 0) is 12.8 Å². The number of nitrogens with one attached hydrogen (secondary N) is 1. The van der Waals surface area contributed by atoms with Crippen LogP contribution < -0.4 is 10.1 Å². The monoisotopic (exact) mass is 285 g/mol. The molecule has 112 valence electrons. The van der Waals surface area contributed by atoms with Gasteiger partial charge >= 0.3 is 0 Å². The van der Waals surface area contributed by atoms with E-state index in [0.29, 0.717) is 12.1 Å². The molecule has 1 N–H and O–H groups in total. The first-order chi connectivity index (χ1) is 10.2. The molecule has 0 saturated carbocycles. The van der Waals surface area contributed by atoms with Gasteiger partial charge in [-0.15, -0.1) is 0 Å². The molecule has 0 spiro atoms. The van der Waals surface area contributed by atoms with Crippen LogP contribution in [0.1, 0.15) is 37.4 Å². The average molecular weight is 285 g/mol. The van der Waals surface area contributed by atoms with Crippen LogP contribution in [-0.4, -0.2) is 22.9 Å². The Bertz CT molecular complexity index is 618. The van der Waals surface area contributed by atoms with Gasteiger partial charge in [0.15, 0.2) is 0 Å². The van der Waals surface area contributed by atoms with E-state index in [1.54, 1.807) is 7.11 Å². The number of hydrogen-bond acceptors (Lipinski definition) is 3. The van der Waals surface area contributed by atoms with Crippen LogP contribution in [0.5, 0.6) is 5.75 Å². The third kappa shape index (κ3) is 3.04. The van der Waals surface area contributed by atoms with Crippen molar-refractivity contribution in [2.45, 2.75) is 45.2 Å². The highest BCUT2D eigenvalue weighted by atomic mass is 16.5. The minimum atomic E-state index is 0.400. The van der Waals surface area contributed by atoms with Gasteiger partial charge in [0.05, 0.1) is 19.0 Å². The Balaban J connectivity index is 1.70. The van der Waals surface area contributed by atoms with E-state index in [1.807, 2.05) is 10.9 Å². The molecular weight excluding hydrogens is 262 g/mol. The molecule has 1 aromatic heterocycles. The van der Waals surface area contributed by atoms with E-state index in [2.05, 4.69) is 48.7 Å². The van der Waals surface area contributed by atoms with E-state index in [-0.39, 0.29) is 0 Å². The summed E-state index contributed by atoms with van der Waals surface area (Å²) in [5.41, 5.74) is 3.96. The number of benzene rings is 1. The van der Waals surface area contributed by atoms with Gasteiger partial charge in [-0.2, -0.15) is 5.10 Å². The predicted octanol–water partition coefficient (Wildman–Crippen LogP) is 3.44. The van der Waals surface area contributed by atoms with E-state index in [4.69, 9.17) is 4.74 Å². The van der Waals surface area contributed by atoms with Gasteiger partial charge in [0.1, 0.15) is 5.75 Å². The van der Waals surface area contributed by atoms with Gasteiger partial charge in [0, 0.05) is 18.3 Å². The number of anilines is 1. The van der Waals surface area contributed by atoms with Crippen LogP contribution in [0.2, 0.25) is 0 Å². The molecular formula is C17H23N3O. The van der Waals surface area contributed by atoms with Gasteiger partial charge in [-0.3, -0.25) is 4.68 Å². The van der Waals surface area contributed by atoms with Crippen LogP contribution in [0, 0.1) is 0 Å². The van der Waals surface area contributed by atoms with Crippen LogP contribution in [0.25, 0.3) is 0 Å². The normalized spacial score (nSPS) is 17.6. The molecule has 0 aliphatic heterocycles. The molecule has 4 nitrogen and oxygen atoms in total. The van der Waals surface area contributed by atoms with Gasteiger partial charge in [-0.05, 0) is 56.4 Å². The van der Waals surface area contributed by atoms with E-state index in [1.165, 1.54) is 11.1 Å². The van der Waals surface area contributed by atoms with Crippen molar-refractivity contribution in [3.05, 3.63) is 41.7 Å². The molecule has 1 aromatic carbocycles. The standard InChI is InChI=1S/C17H23N3O/c1-12(2)20-11-16(10-18-20)19-15-6-4-13-5-7-17(21-3)9-14(13)8-15/h5,7,9-12,15,19H,4,6,8H2,1-3H3. The average Bonchev–Trinajstić information content (AvgIpc) is 2.95. The van der Waals surface area contributed by atoms with Crippen molar-refractivity contribution in [3.8, 4) is 5.75 Å². The molecule has 0 bridgehead atoms. The van der Waals surface area contributed by atoms with Crippen molar-refractivity contribution in [1.82, 2.24) is 9.78 Å². The fourth-order valence-electron chi connectivity index (χ4n) is 2.91. The minimum Gasteiger partial charge on any atom is -0.497 e. The van der Waals surface area contributed by atoms with Gasteiger partial charge in [0.2, 0.25) is 0 Å². The van der Waals surface area contributed by atoms with Crippen molar-refractivity contribution in [3.63, 3.8) is 0 Å². The molecule has 0 radical (unpaired) electrons. The van der Waals surface area contributed by atoms with Gasteiger partial charge in [-0.25, -0.2) is 0 Å². The molecule has 4 heteroatoms. The topological polar surface area (TPSA) is 39.1 Å². The maximum atomic E-state index is 5.33. The lowest BCUT2D eigenvalue weighted by Gasteiger charge is -2.26. The summed E-state index contributed by atoms with van der Waals surface area (Å²) in [5, 5.41) is 8.00. The summed E-state index contributed by atoms with van der Waals surface area (Å²) in [4.78, 5) is 0. The Hall–Kier alpha value is -1.97. The SMILES string of the molecule is COc1ccc2c(c1)CC(Nc1cnn(C(C)C)c1)CC2. The summed E-state index contributed by atoms with van der Waals surface area (Å²) in [6.07, 6.45) is 7.33. The second-order valence-electron chi connectivity index (χ2n) is 6.02. The van der Waals surface area contributed by atoms with E-state index in [0.717, 1.165) is 30.7 Å². The number of rotatable bonds is 4. The van der Waals surface area contributed by atoms with Crippen molar-refractivity contribution < 1.29 is 4.74 Å². The molecule has 2 aromatic rings. The van der Waals surface area contributed by atoms with Crippen molar-refractivity contribution >= 4 is 5.69 Å². The van der Waals surface area contributed by atoms with Gasteiger partial charge in [0.25, 0.3) is 0 Å². The van der Waals surface area contributed by atoms with Crippen LogP contribution in [0.3, 0.4) is 0 Å². The second-order valence-corrected chi connectivity index (χ2v) is 6.02. The lowest BCUT2D eigenvalue weighted by atomic mass is 9.88. The quantitative estimate of drug-likeness (QED) is 0.935. The molecule has 3 rings (SSSR count). The Kier molecular flexibility index (Phi) is 3.86. The number of aromatic nitrogens is 2. The van der Waals surface area contributed by atoms with E-state index in [9.17, 15) is 0 Å². The van der Waals surface area contributed by atoms with Crippen molar-refractivity contribution in [2.24, 2.45) is 0 Å². The highest BCUT2D eigenvalue weighted by Crippen LogP contribution is 2.27. The van der Waals surface area contributed by atoms with Crippen LogP contribution in [0.15, 0.2) is 30.6 Å². The molecule has 1 unspecified atom stereocenters. The molecule has 1 atom stereocenters. The highest BCUT2D eigenvalue weighted by Gasteiger charge is 2.19. The molecule has 1 aliphatic rings. The first-order valence-corrected chi connectivity index (χ1v) is 7.62. The Morgan fingerprint density at radius 2 is 2.19 bits per heavy atom. The maximum Gasteiger partial charge on any atom is 0.119 e. The Morgan fingerprint density at radius 1 is 1.33 bits per heavy atom. The first kappa shape index (κ1) is 14.0. The maximum absolute atomic E-state index is 5.33. The largest absolute Gasteiger partial charge is 0.497 e. The summed E-state index contributed by atoms with van der Waals surface area (Å²) >= 11 is 0. The number of fused-ring (bicyclic) bond motifs is 1. The zero-order valence-corrected chi connectivity index (χ0v) is 13.0. The number of methoxy groups -OCH3 is 1. The fourth-order valence-corrected chi connectivity index (χ4v) is 2.91. The summed E-state index contributed by atoms with van der Waals surface area (Å²) < 4.78 is 7.32. The minimum absolute atomic E-state index is 0.400. The third-order valence-corrected chi connectivity index (χ3v) is 4.14. The van der Waals surface area contributed by atoms with Crippen molar-refractivity contribution in [1.29, 1.82) is 0 Å². The van der Waals surface area contributed by atoms with Crippen molar-refractivity contribution in [2.75, 3.05) is 12.4 Å². The molecule has 0 saturated heterocycles. The predicted molar refractivity (Wildman–Crippen MR) is 85.0 cm³/mol. The highest BCUT2D eigenvalue weighted by molar-refractivity contribution is 5.43. The van der Waals surface area contributed by atoms with E-state index >= 15 is 0 Å². The van der Waals surface area contributed by atoms with E-state index < -0.39 is 0 Å². The van der Waals surface area contributed by atoms with Crippen LogP contribution >= 0.6 is 0 Å².